The van der Waals surface area contributed by atoms with E-state index in [1.165, 1.54) is 22.5 Å². The number of hydrogen-bond donors (Lipinski definition) is 1. The van der Waals surface area contributed by atoms with Crippen LogP contribution < -0.4 is 5.43 Å². The van der Waals surface area contributed by atoms with E-state index in [1.54, 1.807) is 19.1 Å². The zero-order valence-corrected chi connectivity index (χ0v) is 15.5. The number of rotatable bonds is 5. The average Bonchev–Trinajstić information content (AvgIpc) is 2.68. The molecule has 0 atom stereocenters. The third-order valence-corrected chi connectivity index (χ3v) is 6.07. The number of nitrogens with one attached hydrogen (secondary N) is 1. The third kappa shape index (κ3) is 4.49. The highest BCUT2D eigenvalue weighted by Gasteiger charge is 2.26. The summed E-state index contributed by atoms with van der Waals surface area (Å²) in [6.07, 6.45) is 0. The average molecular weight is 395 g/mol. The van der Waals surface area contributed by atoms with Crippen molar-refractivity contribution in [2.45, 2.75) is 11.8 Å². The van der Waals surface area contributed by atoms with E-state index in [0.717, 1.165) is 12.1 Å². The van der Waals surface area contributed by atoms with Gasteiger partial charge in [-0.25, -0.2) is 17.2 Å². The first-order valence-electron chi connectivity index (χ1n) is 8.31. The van der Waals surface area contributed by atoms with Gasteiger partial charge in [-0.05, 0) is 36.8 Å². The fraction of sp³-hybridized carbons (Fsp3) is 0.278. The van der Waals surface area contributed by atoms with E-state index in [1.807, 2.05) is 0 Å². The highest BCUT2D eigenvalue weighted by atomic mass is 32.2. The Morgan fingerprint density at radius 1 is 1.11 bits per heavy atom. The van der Waals surface area contributed by atoms with Gasteiger partial charge >= 0.3 is 0 Å². The standard InChI is InChI=1S/C18H19F2N3O3S/c1-13(21-22-18-7-4-15(19)12-17(18)20)14-2-5-16(6-3-14)27(24,25)23-8-10-26-11-9-23/h2-7,12,22H,8-11H2,1H3/b21-13+. The Hall–Kier alpha value is -2.36. The molecule has 27 heavy (non-hydrogen) atoms. The van der Waals surface area contributed by atoms with E-state index in [0.29, 0.717) is 37.6 Å². The fourth-order valence-corrected chi connectivity index (χ4v) is 4.00. The summed E-state index contributed by atoms with van der Waals surface area (Å²) in [4.78, 5) is 0.193. The molecule has 0 radical (unpaired) electrons. The number of sulfonamides is 1. The van der Waals surface area contributed by atoms with Gasteiger partial charge in [0.05, 0.1) is 29.5 Å². The Labute approximate surface area is 156 Å². The van der Waals surface area contributed by atoms with Crippen LogP contribution in [0.25, 0.3) is 0 Å². The number of hydrazone groups is 1. The molecule has 1 saturated heterocycles. The highest BCUT2D eigenvalue weighted by Crippen LogP contribution is 2.19. The van der Waals surface area contributed by atoms with Gasteiger partial charge in [0.25, 0.3) is 0 Å². The second-order valence-electron chi connectivity index (χ2n) is 5.97. The number of morpholine rings is 1. The summed E-state index contributed by atoms with van der Waals surface area (Å²) in [6.45, 7) is 3.12. The van der Waals surface area contributed by atoms with Crippen LogP contribution in [0.15, 0.2) is 52.5 Å². The van der Waals surface area contributed by atoms with Gasteiger partial charge in [-0.15, -0.1) is 0 Å². The minimum atomic E-state index is -3.56. The van der Waals surface area contributed by atoms with E-state index in [-0.39, 0.29) is 10.6 Å². The van der Waals surface area contributed by atoms with Crippen LogP contribution in [-0.2, 0) is 14.8 Å². The smallest absolute Gasteiger partial charge is 0.243 e. The Morgan fingerprint density at radius 2 is 1.78 bits per heavy atom. The van der Waals surface area contributed by atoms with E-state index >= 15 is 0 Å². The molecule has 6 nitrogen and oxygen atoms in total. The monoisotopic (exact) mass is 395 g/mol. The van der Waals surface area contributed by atoms with Crippen LogP contribution in [0.3, 0.4) is 0 Å². The molecule has 1 N–H and O–H groups in total. The van der Waals surface area contributed by atoms with Crippen LogP contribution in [-0.4, -0.2) is 44.7 Å². The molecule has 0 aromatic heterocycles. The van der Waals surface area contributed by atoms with Crippen molar-refractivity contribution in [2.75, 3.05) is 31.7 Å². The number of hydrogen-bond acceptors (Lipinski definition) is 5. The number of anilines is 1. The third-order valence-electron chi connectivity index (χ3n) is 4.16. The zero-order valence-electron chi connectivity index (χ0n) is 14.7. The highest BCUT2D eigenvalue weighted by molar-refractivity contribution is 7.89. The van der Waals surface area contributed by atoms with E-state index in [9.17, 15) is 17.2 Å². The largest absolute Gasteiger partial charge is 0.379 e. The molecule has 1 fully saturated rings. The van der Waals surface area contributed by atoms with Crippen LogP contribution in [0, 0.1) is 11.6 Å². The van der Waals surface area contributed by atoms with Crippen molar-refractivity contribution in [3.8, 4) is 0 Å². The van der Waals surface area contributed by atoms with E-state index in [2.05, 4.69) is 10.5 Å². The first-order chi connectivity index (χ1) is 12.9. The molecule has 0 saturated carbocycles. The molecule has 0 bridgehead atoms. The van der Waals surface area contributed by atoms with Crippen molar-refractivity contribution < 1.29 is 21.9 Å². The van der Waals surface area contributed by atoms with E-state index in [4.69, 9.17) is 4.74 Å². The normalized spacial score (nSPS) is 16.3. The molecular weight excluding hydrogens is 376 g/mol. The van der Waals surface area contributed by atoms with Crippen LogP contribution in [0.5, 0.6) is 0 Å². The molecule has 144 valence electrons. The SMILES string of the molecule is C/C(=N\Nc1ccc(F)cc1F)c1ccc(S(=O)(=O)N2CCOCC2)cc1. The molecule has 0 spiro atoms. The topological polar surface area (TPSA) is 71.0 Å². The number of halogens is 2. The summed E-state index contributed by atoms with van der Waals surface area (Å²) >= 11 is 0. The Bertz CT molecular complexity index is 941. The van der Waals surface area contributed by atoms with Gasteiger partial charge in [-0.3, -0.25) is 5.43 Å². The van der Waals surface area contributed by atoms with Crippen molar-refractivity contribution >= 4 is 21.4 Å². The van der Waals surface area contributed by atoms with Crippen LogP contribution >= 0.6 is 0 Å². The van der Waals surface area contributed by atoms with Gasteiger partial charge < -0.3 is 4.74 Å². The van der Waals surface area contributed by atoms with Crippen LogP contribution in [0.4, 0.5) is 14.5 Å². The molecule has 0 unspecified atom stereocenters. The maximum absolute atomic E-state index is 13.6. The summed E-state index contributed by atoms with van der Waals surface area (Å²) in [5.41, 5.74) is 3.78. The minimum absolute atomic E-state index is 0.0438. The molecule has 1 heterocycles. The summed E-state index contributed by atoms with van der Waals surface area (Å²) in [5.74, 6) is -1.42. The number of benzene rings is 2. The van der Waals surface area contributed by atoms with Crippen molar-refractivity contribution in [2.24, 2.45) is 5.10 Å². The fourth-order valence-electron chi connectivity index (χ4n) is 2.59. The van der Waals surface area contributed by atoms with Crippen LogP contribution in [0.2, 0.25) is 0 Å². The molecule has 9 heteroatoms. The molecule has 0 aliphatic carbocycles. The van der Waals surface area contributed by atoms with Gasteiger partial charge in [-0.2, -0.15) is 9.41 Å². The Morgan fingerprint density at radius 3 is 2.41 bits per heavy atom. The zero-order chi connectivity index (χ0) is 19.4. The lowest BCUT2D eigenvalue weighted by Crippen LogP contribution is -2.40. The molecule has 0 amide bonds. The van der Waals surface area contributed by atoms with Gasteiger partial charge in [0.1, 0.15) is 5.82 Å². The predicted octanol–water partition coefficient (Wildman–Crippen LogP) is 2.82. The lowest BCUT2D eigenvalue weighted by atomic mass is 10.1. The summed E-state index contributed by atoms with van der Waals surface area (Å²) in [6, 6.07) is 9.43. The van der Waals surface area contributed by atoms with Gasteiger partial charge in [0.2, 0.25) is 10.0 Å². The Kier molecular flexibility index (Phi) is 5.83. The van der Waals surface area contributed by atoms with Gasteiger partial charge in [0.15, 0.2) is 5.82 Å². The summed E-state index contributed by atoms with van der Waals surface area (Å²) in [5, 5.41) is 4.06. The van der Waals surface area contributed by atoms with Crippen molar-refractivity contribution in [1.82, 2.24) is 4.31 Å². The number of nitrogens with zero attached hydrogens (tertiary/aromatic N) is 2. The lowest BCUT2D eigenvalue weighted by molar-refractivity contribution is 0.0730. The summed E-state index contributed by atoms with van der Waals surface area (Å²) < 4.78 is 58.3. The molecule has 3 rings (SSSR count). The molecule has 1 aliphatic heterocycles. The van der Waals surface area contributed by atoms with Crippen LogP contribution in [0.1, 0.15) is 12.5 Å². The van der Waals surface area contributed by atoms with Crippen molar-refractivity contribution in [3.05, 3.63) is 59.7 Å². The Balaban J connectivity index is 1.74. The first kappa shape index (κ1) is 19.4. The summed E-state index contributed by atoms with van der Waals surface area (Å²) in [7, 11) is -3.56. The maximum atomic E-state index is 13.6. The molecule has 2 aromatic rings. The molecular formula is C18H19F2N3O3S. The maximum Gasteiger partial charge on any atom is 0.243 e. The lowest BCUT2D eigenvalue weighted by Gasteiger charge is -2.26. The van der Waals surface area contributed by atoms with E-state index < -0.39 is 21.7 Å². The number of ether oxygens (including phenoxy) is 1. The molecule has 2 aromatic carbocycles. The predicted molar refractivity (Wildman–Crippen MR) is 98.2 cm³/mol. The second kappa shape index (κ2) is 8.12. The van der Waals surface area contributed by atoms with Crippen molar-refractivity contribution in [3.63, 3.8) is 0 Å². The second-order valence-corrected chi connectivity index (χ2v) is 7.91. The van der Waals surface area contributed by atoms with Gasteiger partial charge in [-0.1, -0.05) is 12.1 Å². The van der Waals surface area contributed by atoms with Crippen molar-refractivity contribution in [1.29, 1.82) is 0 Å². The molecule has 1 aliphatic rings. The van der Waals surface area contributed by atoms with Gasteiger partial charge in [0, 0.05) is 19.2 Å². The first-order valence-corrected chi connectivity index (χ1v) is 9.75. The minimum Gasteiger partial charge on any atom is -0.379 e. The quantitative estimate of drug-likeness (QED) is 0.624.